The third-order valence-electron chi connectivity index (χ3n) is 6.03. The predicted octanol–water partition coefficient (Wildman–Crippen LogP) is 6.47. The van der Waals surface area contributed by atoms with Gasteiger partial charge < -0.3 is 19.6 Å². The van der Waals surface area contributed by atoms with Crippen molar-refractivity contribution < 1.29 is 40.3 Å². The summed E-state index contributed by atoms with van der Waals surface area (Å²) in [4.78, 5) is 29.8. The Balaban J connectivity index is 1.60. The molecule has 2 aromatic heterocycles. The van der Waals surface area contributed by atoms with Gasteiger partial charge in [0.15, 0.2) is 0 Å². The monoisotopic (exact) mass is 590 g/mol. The highest BCUT2D eigenvalue weighted by molar-refractivity contribution is 6.05. The zero-order valence-electron chi connectivity index (χ0n) is 22.0. The Kier molecular flexibility index (Phi) is 8.88. The van der Waals surface area contributed by atoms with E-state index in [1.54, 1.807) is 43.0 Å². The number of aromatic nitrogens is 2. The van der Waals surface area contributed by atoms with Gasteiger partial charge in [0.1, 0.15) is 17.2 Å². The summed E-state index contributed by atoms with van der Waals surface area (Å²) in [6.07, 6.45) is -3.41. The average Bonchev–Trinajstić information content (AvgIpc) is 3.62. The molecule has 220 valence electrons. The average molecular weight is 591 g/mol. The number of nitrogens with zero attached hydrogens (tertiary/aromatic N) is 2. The number of halogens is 6. The molecule has 0 saturated heterocycles. The van der Waals surface area contributed by atoms with E-state index in [9.17, 15) is 35.9 Å². The second-order valence-electron chi connectivity index (χ2n) is 9.28. The number of furan rings is 1. The number of nitrogens with one attached hydrogen (secondary N) is 2. The third kappa shape index (κ3) is 7.89. The molecule has 4 rings (SSSR count). The third-order valence-corrected chi connectivity index (χ3v) is 6.03. The SMILES string of the molecule is Cc1ccc(C(=O)NC(=Cc2ccc(-c3cc(C(F)(F)F)cc(C(F)(F)F)c3)o2)C(=O)NCCCn2ccnc2)cc1. The first kappa shape index (κ1) is 30.2. The maximum Gasteiger partial charge on any atom is 0.416 e. The van der Waals surface area contributed by atoms with Gasteiger partial charge >= 0.3 is 12.4 Å². The zero-order chi connectivity index (χ0) is 30.5. The molecule has 42 heavy (non-hydrogen) atoms. The van der Waals surface area contributed by atoms with Crippen molar-refractivity contribution in [3.05, 3.63) is 107 Å². The molecule has 13 heteroatoms. The summed E-state index contributed by atoms with van der Waals surface area (Å²) in [5.74, 6) is -1.70. The van der Waals surface area contributed by atoms with Crippen molar-refractivity contribution in [1.82, 2.24) is 20.2 Å². The molecule has 2 heterocycles. The fraction of sp³-hybridized carbons (Fsp3) is 0.207. The molecule has 0 aliphatic heterocycles. The fourth-order valence-corrected chi connectivity index (χ4v) is 3.86. The Hall–Kier alpha value is -4.81. The molecule has 0 unspecified atom stereocenters. The van der Waals surface area contributed by atoms with Crippen LogP contribution in [0.25, 0.3) is 17.4 Å². The number of amides is 2. The lowest BCUT2D eigenvalue weighted by molar-refractivity contribution is -0.143. The van der Waals surface area contributed by atoms with Crippen molar-refractivity contribution in [3.8, 4) is 11.3 Å². The summed E-state index contributed by atoms with van der Waals surface area (Å²) < 4.78 is 87.2. The molecule has 0 atom stereocenters. The van der Waals surface area contributed by atoms with Crippen LogP contribution in [0.4, 0.5) is 26.3 Å². The second-order valence-corrected chi connectivity index (χ2v) is 9.28. The van der Waals surface area contributed by atoms with Crippen molar-refractivity contribution in [2.24, 2.45) is 0 Å². The van der Waals surface area contributed by atoms with E-state index in [0.29, 0.717) is 25.1 Å². The van der Waals surface area contributed by atoms with Crippen LogP contribution in [0, 0.1) is 6.92 Å². The Morgan fingerprint density at radius 3 is 2.21 bits per heavy atom. The van der Waals surface area contributed by atoms with Crippen molar-refractivity contribution in [2.45, 2.75) is 32.2 Å². The Morgan fingerprint density at radius 1 is 0.952 bits per heavy atom. The van der Waals surface area contributed by atoms with Gasteiger partial charge in [0, 0.05) is 42.7 Å². The summed E-state index contributed by atoms with van der Waals surface area (Å²) in [6.45, 7) is 2.62. The van der Waals surface area contributed by atoms with Crippen LogP contribution in [0.15, 0.2) is 83.4 Å². The van der Waals surface area contributed by atoms with Gasteiger partial charge in [0.05, 0.1) is 17.5 Å². The maximum absolute atomic E-state index is 13.3. The standard InChI is InChI=1S/C29H24F6N4O3/c1-18-3-5-19(6-4-18)26(40)38-24(27(41)37-9-2-11-39-12-10-36-17-39)16-23-7-8-25(42-23)20-13-21(28(30,31)32)15-22(14-20)29(33,34)35/h3-8,10,12-17H,2,9,11H2,1H3,(H,37,41)(H,38,40). The van der Waals surface area contributed by atoms with Gasteiger partial charge in [-0.1, -0.05) is 17.7 Å². The number of alkyl halides is 6. The van der Waals surface area contributed by atoms with Gasteiger partial charge in [0.2, 0.25) is 0 Å². The molecule has 0 radical (unpaired) electrons. The zero-order valence-corrected chi connectivity index (χ0v) is 22.0. The van der Waals surface area contributed by atoms with E-state index in [-0.39, 0.29) is 35.4 Å². The smallest absolute Gasteiger partial charge is 0.416 e. The lowest BCUT2D eigenvalue weighted by atomic mass is 10.0. The molecular weight excluding hydrogens is 566 g/mol. The molecule has 4 aromatic rings. The highest BCUT2D eigenvalue weighted by Crippen LogP contribution is 2.39. The topological polar surface area (TPSA) is 89.2 Å². The number of benzene rings is 2. The van der Waals surface area contributed by atoms with E-state index in [0.717, 1.165) is 11.6 Å². The number of carbonyl (C=O) groups excluding carboxylic acids is 2. The van der Waals surface area contributed by atoms with Crippen LogP contribution >= 0.6 is 0 Å². The van der Waals surface area contributed by atoms with E-state index in [4.69, 9.17) is 4.42 Å². The van der Waals surface area contributed by atoms with Crippen LogP contribution in [0.2, 0.25) is 0 Å². The molecule has 2 aromatic carbocycles. The number of carbonyl (C=O) groups is 2. The first-order valence-corrected chi connectivity index (χ1v) is 12.5. The number of hydrogen-bond acceptors (Lipinski definition) is 4. The number of hydrogen-bond donors (Lipinski definition) is 2. The molecule has 2 N–H and O–H groups in total. The molecule has 0 aliphatic carbocycles. The molecule has 7 nitrogen and oxygen atoms in total. The molecule has 0 bridgehead atoms. The Labute approximate surface area is 235 Å². The second kappa shape index (κ2) is 12.4. The van der Waals surface area contributed by atoms with Gasteiger partial charge in [0.25, 0.3) is 11.8 Å². The largest absolute Gasteiger partial charge is 0.457 e. The van der Waals surface area contributed by atoms with E-state index in [2.05, 4.69) is 15.6 Å². The summed E-state index contributed by atoms with van der Waals surface area (Å²) in [5, 5.41) is 5.17. The molecule has 0 aliphatic rings. The Morgan fingerprint density at radius 2 is 1.62 bits per heavy atom. The Bertz CT molecular complexity index is 1540. The van der Waals surface area contributed by atoms with Crippen molar-refractivity contribution in [1.29, 1.82) is 0 Å². The van der Waals surface area contributed by atoms with Crippen LogP contribution in [-0.2, 0) is 23.7 Å². The molecule has 2 amide bonds. The van der Waals surface area contributed by atoms with E-state index in [1.807, 2.05) is 11.5 Å². The first-order valence-electron chi connectivity index (χ1n) is 12.5. The minimum atomic E-state index is -5.03. The van der Waals surface area contributed by atoms with Gasteiger partial charge in [-0.3, -0.25) is 9.59 Å². The summed E-state index contributed by atoms with van der Waals surface area (Å²) in [5.41, 5.74) is -2.55. The molecule has 0 spiro atoms. The molecule has 0 fully saturated rings. The van der Waals surface area contributed by atoms with Crippen molar-refractivity contribution in [2.75, 3.05) is 6.54 Å². The highest BCUT2D eigenvalue weighted by atomic mass is 19.4. The summed E-state index contributed by atoms with van der Waals surface area (Å²) in [7, 11) is 0. The lowest BCUT2D eigenvalue weighted by Gasteiger charge is -2.13. The van der Waals surface area contributed by atoms with Crippen LogP contribution in [0.3, 0.4) is 0 Å². The highest BCUT2D eigenvalue weighted by Gasteiger charge is 2.37. The van der Waals surface area contributed by atoms with Crippen LogP contribution in [-0.4, -0.2) is 27.9 Å². The molecule has 0 saturated carbocycles. The van der Waals surface area contributed by atoms with Gasteiger partial charge in [-0.15, -0.1) is 0 Å². The van der Waals surface area contributed by atoms with Crippen molar-refractivity contribution in [3.63, 3.8) is 0 Å². The van der Waals surface area contributed by atoms with E-state index >= 15 is 0 Å². The van der Waals surface area contributed by atoms with Crippen molar-refractivity contribution >= 4 is 17.9 Å². The summed E-state index contributed by atoms with van der Waals surface area (Å²) >= 11 is 0. The van der Waals surface area contributed by atoms with Gasteiger partial charge in [-0.05, 0) is 55.8 Å². The van der Waals surface area contributed by atoms with Gasteiger partial charge in [-0.25, -0.2) is 4.98 Å². The van der Waals surface area contributed by atoms with E-state index in [1.165, 1.54) is 12.1 Å². The normalized spacial score (nSPS) is 12.3. The number of aryl methyl sites for hydroxylation is 2. The predicted molar refractivity (Wildman–Crippen MR) is 141 cm³/mol. The quantitative estimate of drug-likeness (QED) is 0.133. The minimum absolute atomic E-state index is 0.0170. The summed E-state index contributed by atoms with van der Waals surface area (Å²) in [6, 6.07) is 10.0. The van der Waals surface area contributed by atoms with Crippen LogP contribution in [0.1, 0.15) is 39.2 Å². The maximum atomic E-state index is 13.3. The first-order chi connectivity index (χ1) is 19.8. The lowest BCUT2D eigenvalue weighted by Crippen LogP contribution is -2.35. The van der Waals surface area contributed by atoms with Crippen LogP contribution in [0.5, 0.6) is 0 Å². The molecular formula is C29H24F6N4O3. The van der Waals surface area contributed by atoms with E-state index < -0.39 is 40.9 Å². The number of rotatable bonds is 9. The fourth-order valence-electron chi connectivity index (χ4n) is 3.86. The number of imidazole rings is 1. The minimum Gasteiger partial charge on any atom is -0.457 e. The van der Waals surface area contributed by atoms with Gasteiger partial charge in [-0.2, -0.15) is 26.3 Å². The van der Waals surface area contributed by atoms with Crippen LogP contribution < -0.4 is 10.6 Å².